The van der Waals surface area contributed by atoms with Gasteiger partial charge in [0.1, 0.15) is 0 Å². The molecule has 1 saturated heterocycles. The van der Waals surface area contributed by atoms with Crippen molar-refractivity contribution in [2.75, 3.05) is 33.2 Å². The van der Waals surface area contributed by atoms with E-state index >= 15 is 0 Å². The van der Waals surface area contributed by atoms with E-state index in [1.807, 2.05) is 18.9 Å². The van der Waals surface area contributed by atoms with E-state index in [0.717, 1.165) is 19.5 Å². The third-order valence-corrected chi connectivity index (χ3v) is 2.56. The highest BCUT2D eigenvalue weighted by Crippen LogP contribution is 2.00. The normalized spacial score (nSPS) is 14.8. The highest BCUT2D eigenvalue weighted by atomic mass is 35.5. The van der Waals surface area contributed by atoms with Gasteiger partial charge in [0.25, 0.3) is 0 Å². The van der Waals surface area contributed by atoms with Gasteiger partial charge in [-0.3, -0.25) is 15.0 Å². The minimum absolute atomic E-state index is 0. The zero-order valence-corrected chi connectivity index (χ0v) is 11.1. The first-order chi connectivity index (χ1) is 7.63. The maximum atomic E-state index is 11.4. The van der Waals surface area contributed by atoms with Crippen molar-refractivity contribution < 1.29 is 9.59 Å². The average molecular weight is 265 g/mol. The monoisotopic (exact) mass is 264 g/mol. The number of rotatable bonds is 5. The Morgan fingerprint density at radius 2 is 2.06 bits per heavy atom. The number of carbonyl (C=O) groups is 2. The Balaban J connectivity index is 0.00000256. The van der Waals surface area contributed by atoms with Crippen LogP contribution < -0.4 is 16.0 Å². The third-order valence-electron chi connectivity index (χ3n) is 2.56. The number of urea groups is 1. The molecule has 3 amide bonds. The molecular formula is C10H21ClN4O2. The van der Waals surface area contributed by atoms with Crippen molar-refractivity contribution in [3.05, 3.63) is 0 Å². The lowest BCUT2D eigenvalue weighted by Gasteiger charge is -2.35. The first kappa shape index (κ1) is 16.1. The molecule has 0 aliphatic carbocycles. The third kappa shape index (κ3) is 5.86. The smallest absolute Gasteiger partial charge is 0.321 e. The SMILES string of the molecule is CCCNC(=O)NC(=O)CN(C)C1CNC1.Cl. The second kappa shape index (κ2) is 8.27. The van der Waals surface area contributed by atoms with Gasteiger partial charge in [-0.15, -0.1) is 12.4 Å². The van der Waals surface area contributed by atoms with Gasteiger partial charge in [0.2, 0.25) is 5.91 Å². The Morgan fingerprint density at radius 1 is 1.41 bits per heavy atom. The number of likely N-dealkylation sites (N-methyl/N-ethyl adjacent to an activating group) is 1. The van der Waals surface area contributed by atoms with Crippen LogP contribution in [0.4, 0.5) is 4.79 Å². The van der Waals surface area contributed by atoms with Gasteiger partial charge in [-0.2, -0.15) is 0 Å². The summed E-state index contributed by atoms with van der Waals surface area (Å²) < 4.78 is 0. The van der Waals surface area contributed by atoms with Gasteiger partial charge in [-0.1, -0.05) is 6.92 Å². The Bertz CT molecular complexity index is 259. The van der Waals surface area contributed by atoms with Crippen LogP contribution in [0.2, 0.25) is 0 Å². The van der Waals surface area contributed by atoms with E-state index in [9.17, 15) is 9.59 Å². The number of hydrogen-bond acceptors (Lipinski definition) is 4. The zero-order valence-electron chi connectivity index (χ0n) is 10.3. The number of imide groups is 1. The van der Waals surface area contributed by atoms with E-state index in [1.165, 1.54) is 0 Å². The Hall–Kier alpha value is -0.850. The highest BCUT2D eigenvalue weighted by Gasteiger charge is 2.23. The van der Waals surface area contributed by atoms with E-state index in [-0.39, 0.29) is 24.9 Å². The topological polar surface area (TPSA) is 73.5 Å². The minimum atomic E-state index is -0.410. The molecule has 1 fully saturated rings. The summed E-state index contributed by atoms with van der Waals surface area (Å²) in [7, 11) is 1.88. The Morgan fingerprint density at radius 3 is 2.53 bits per heavy atom. The number of nitrogens with one attached hydrogen (secondary N) is 3. The number of carbonyl (C=O) groups excluding carboxylic acids is 2. The highest BCUT2D eigenvalue weighted by molar-refractivity contribution is 5.95. The summed E-state index contributed by atoms with van der Waals surface area (Å²) in [6.45, 7) is 4.62. The summed E-state index contributed by atoms with van der Waals surface area (Å²) in [6.07, 6.45) is 0.856. The van der Waals surface area contributed by atoms with Gasteiger partial charge in [0.05, 0.1) is 6.54 Å². The van der Waals surface area contributed by atoms with E-state index in [4.69, 9.17) is 0 Å². The van der Waals surface area contributed by atoms with Crippen molar-refractivity contribution in [1.82, 2.24) is 20.9 Å². The quantitative estimate of drug-likeness (QED) is 0.629. The maximum Gasteiger partial charge on any atom is 0.321 e. The molecule has 0 unspecified atom stereocenters. The Kier molecular flexibility index (Phi) is 7.86. The van der Waals surface area contributed by atoms with Crippen LogP contribution in [0.3, 0.4) is 0 Å². The molecule has 0 aromatic rings. The molecule has 0 radical (unpaired) electrons. The molecule has 3 N–H and O–H groups in total. The van der Waals surface area contributed by atoms with Gasteiger partial charge in [-0.25, -0.2) is 4.79 Å². The van der Waals surface area contributed by atoms with Gasteiger partial charge < -0.3 is 10.6 Å². The first-order valence-electron chi connectivity index (χ1n) is 5.62. The van der Waals surface area contributed by atoms with Crippen LogP contribution in [0.5, 0.6) is 0 Å². The molecule has 0 bridgehead atoms. The predicted molar refractivity (Wildman–Crippen MR) is 68.4 cm³/mol. The van der Waals surface area contributed by atoms with Crippen molar-refractivity contribution in [3.8, 4) is 0 Å². The number of halogens is 1. The van der Waals surface area contributed by atoms with Crippen LogP contribution in [-0.4, -0.2) is 56.1 Å². The second-order valence-corrected chi connectivity index (χ2v) is 4.03. The van der Waals surface area contributed by atoms with Crippen molar-refractivity contribution in [3.63, 3.8) is 0 Å². The Labute approximate surface area is 108 Å². The number of amides is 3. The van der Waals surface area contributed by atoms with Gasteiger partial charge in [-0.05, 0) is 13.5 Å². The zero-order chi connectivity index (χ0) is 12.0. The molecule has 1 aliphatic rings. The molecule has 0 spiro atoms. The summed E-state index contributed by atoms with van der Waals surface area (Å²) in [5.74, 6) is -0.261. The molecule has 1 rings (SSSR count). The lowest BCUT2D eigenvalue weighted by Crippen LogP contribution is -2.58. The van der Waals surface area contributed by atoms with Crippen molar-refractivity contribution in [2.24, 2.45) is 0 Å². The lowest BCUT2D eigenvalue weighted by molar-refractivity contribution is -0.121. The van der Waals surface area contributed by atoms with Crippen LogP contribution in [0.1, 0.15) is 13.3 Å². The molecule has 17 heavy (non-hydrogen) atoms. The molecule has 1 heterocycles. The molecule has 0 aromatic heterocycles. The molecular weight excluding hydrogens is 244 g/mol. The summed E-state index contributed by atoms with van der Waals surface area (Å²) in [4.78, 5) is 24.6. The first-order valence-corrected chi connectivity index (χ1v) is 5.62. The fourth-order valence-electron chi connectivity index (χ4n) is 1.39. The molecule has 7 heteroatoms. The summed E-state index contributed by atoms with van der Waals surface area (Å²) >= 11 is 0. The molecule has 0 saturated carbocycles. The van der Waals surface area contributed by atoms with Crippen LogP contribution >= 0.6 is 12.4 Å². The molecule has 0 aromatic carbocycles. The largest absolute Gasteiger partial charge is 0.338 e. The van der Waals surface area contributed by atoms with Gasteiger partial charge in [0.15, 0.2) is 0 Å². The van der Waals surface area contributed by atoms with Crippen LogP contribution in [0.15, 0.2) is 0 Å². The van der Waals surface area contributed by atoms with E-state index in [2.05, 4.69) is 16.0 Å². The maximum absolute atomic E-state index is 11.4. The molecule has 0 atom stereocenters. The van der Waals surface area contributed by atoms with Crippen molar-refractivity contribution in [2.45, 2.75) is 19.4 Å². The molecule has 6 nitrogen and oxygen atoms in total. The standard InChI is InChI=1S/C10H20N4O2.ClH/c1-3-4-12-10(16)13-9(15)7-14(2)8-5-11-6-8;/h8,11H,3-7H2,1-2H3,(H2,12,13,15,16);1H. The average Bonchev–Trinajstić information content (AvgIpc) is 2.11. The fourth-order valence-corrected chi connectivity index (χ4v) is 1.39. The minimum Gasteiger partial charge on any atom is -0.338 e. The summed E-state index contributed by atoms with van der Waals surface area (Å²) in [5.41, 5.74) is 0. The number of hydrogen-bond donors (Lipinski definition) is 3. The van der Waals surface area contributed by atoms with E-state index in [0.29, 0.717) is 12.6 Å². The molecule has 100 valence electrons. The summed E-state index contributed by atoms with van der Waals surface area (Å²) in [5, 5.41) is 8.02. The van der Waals surface area contributed by atoms with Crippen LogP contribution in [-0.2, 0) is 4.79 Å². The fraction of sp³-hybridized carbons (Fsp3) is 0.800. The van der Waals surface area contributed by atoms with Crippen molar-refractivity contribution in [1.29, 1.82) is 0 Å². The summed E-state index contributed by atoms with van der Waals surface area (Å²) in [6, 6.07) is -0.00330. The van der Waals surface area contributed by atoms with E-state index in [1.54, 1.807) is 0 Å². The second-order valence-electron chi connectivity index (χ2n) is 4.03. The predicted octanol–water partition coefficient (Wildman–Crippen LogP) is -0.452. The van der Waals surface area contributed by atoms with Crippen LogP contribution in [0, 0.1) is 0 Å². The van der Waals surface area contributed by atoms with Crippen molar-refractivity contribution >= 4 is 24.3 Å². The van der Waals surface area contributed by atoms with Gasteiger partial charge >= 0.3 is 6.03 Å². The van der Waals surface area contributed by atoms with E-state index < -0.39 is 6.03 Å². The number of nitrogens with zero attached hydrogens (tertiary/aromatic N) is 1. The van der Waals surface area contributed by atoms with Crippen LogP contribution in [0.25, 0.3) is 0 Å². The lowest BCUT2D eigenvalue weighted by atomic mass is 10.1. The van der Waals surface area contributed by atoms with Gasteiger partial charge in [0, 0.05) is 25.7 Å². The molecule has 1 aliphatic heterocycles.